The zero-order valence-corrected chi connectivity index (χ0v) is 10.3. The molecule has 1 aromatic rings. The van der Waals surface area contributed by atoms with E-state index in [-0.39, 0.29) is 5.91 Å². The maximum absolute atomic E-state index is 11.8. The number of aromatic nitrogens is 1. The topological polar surface area (TPSA) is 42.0 Å². The number of carbonyl (C=O) groups excluding carboxylic acids is 1. The van der Waals surface area contributed by atoms with E-state index in [1.165, 1.54) is 0 Å². The van der Waals surface area contributed by atoms with Crippen LogP contribution < -0.4 is 5.32 Å². The van der Waals surface area contributed by atoms with Crippen LogP contribution in [0.4, 0.5) is 0 Å². The molecule has 0 unspecified atom stereocenters. The highest BCUT2D eigenvalue weighted by molar-refractivity contribution is 5.94. The smallest absolute Gasteiger partial charge is 0.251 e. The quantitative estimate of drug-likeness (QED) is 0.828. The number of rotatable bonds is 5. The van der Waals surface area contributed by atoms with Gasteiger partial charge in [0, 0.05) is 24.0 Å². The molecule has 1 N–H and O–H groups in total. The second kappa shape index (κ2) is 6.26. The third kappa shape index (κ3) is 3.65. The summed E-state index contributed by atoms with van der Waals surface area (Å²) in [6, 6.07) is 3.55. The fraction of sp³-hybridized carbons (Fsp3) is 0.538. The van der Waals surface area contributed by atoms with Crippen LogP contribution in [0.25, 0.3) is 0 Å². The van der Waals surface area contributed by atoms with E-state index in [9.17, 15) is 4.79 Å². The van der Waals surface area contributed by atoms with Gasteiger partial charge in [-0.1, -0.05) is 26.7 Å². The van der Waals surface area contributed by atoms with E-state index < -0.39 is 0 Å². The molecule has 0 aromatic carbocycles. The predicted molar refractivity (Wildman–Crippen MR) is 65.4 cm³/mol. The van der Waals surface area contributed by atoms with E-state index in [0.29, 0.717) is 11.5 Å². The minimum Gasteiger partial charge on any atom is -0.352 e. The van der Waals surface area contributed by atoms with E-state index in [2.05, 4.69) is 24.1 Å². The zero-order chi connectivity index (χ0) is 12.0. The third-order valence-corrected chi connectivity index (χ3v) is 2.86. The summed E-state index contributed by atoms with van der Waals surface area (Å²) in [7, 11) is 0. The Labute approximate surface area is 97.3 Å². The Kier molecular flexibility index (Phi) is 4.96. The summed E-state index contributed by atoms with van der Waals surface area (Å²) in [5, 5.41) is 2.96. The maximum atomic E-state index is 11.8. The highest BCUT2D eigenvalue weighted by Gasteiger charge is 2.08. The summed E-state index contributed by atoms with van der Waals surface area (Å²) >= 11 is 0. The molecular weight excluding hydrogens is 200 g/mol. The van der Waals surface area contributed by atoms with Crippen molar-refractivity contribution in [2.75, 3.05) is 6.54 Å². The van der Waals surface area contributed by atoms with Gasteiger partial charge in [-0.15, -0.1) is 0 Å². The lowest BCUT2D eigenvalue weighted by atomic mass is 10.0. The number of aryl methyl sites for hydroxylation is 1. The second-order valence-corrected chi connectivity index (χ2v) is 4.08. The van der Waals surface area contributed by atoms with Crippen molar-refractivity contribution in [1.29, 1.82) is 0 Å². The first-order chi connectivity index (χ1) is 7.67. The summed E-state index contributed by atoms with van der Waals surface area (Å²) in [6.07, 6.45) is 3.87. The Morgan fingerprint density at radius 2 is 2.12 bits per heavy atom. The summed E-state index contributed by atoms with van der Waals surface area (Å²) in [6.45, 7) is 6.94. The van der Waals surface area contributed by atoms with Crippen molar-refractivity contribution in [3.8, 4) is 0 Å². The standard InChI is InChI=1S/C13H20N2O/c1-4-11(5-2)9-15-13(16)12-6-7-14-10(3)8-12/h6-8,11H,4-5,9H2,1-3H3,(H,15,16). The molecule has 88 valence electrons. The number of hydrogen-bond donors (Lipinski definition) is 1. The van der Waals surface area contributed by atoms with Crippen LogP contribution in [0, 0.1) is 12.8 Å². The Morgan fingerprint density at radius 3 is 2.69 bits per heavy atom. The first-order valence-corrected chi connectivity index (χ1v) is 5.88. The van der Waals surface area contributed by atoms with Crippen molar-refractivity contribution >= 4 is 5.91 Å². The molecule has 0 spiro atoms. The summed E-state index contributed by atoms with van der Waals surface area (Å²) in [5.41, 5.74) is 1.56. The molecule has 3 heteroatoms. The molecule has 0 aliphatic heterocycles. The molecule has 0 fully saturated rings. The first kappa shape index (κ1) is 12.7. The minimum absolute atomic E-state index is 0.00241. The molecule has 3 nitrogen and oxygen atoms in total. The van der Waals surface area contributed by atoms with Gasteiger partial charge >= 0.3 is 0 Å². The molecule has 1 rings (SSSR count). The van der Waals surface area contributed by atoms with Crippen molar-refractivity contribution in [3.05, 3.63) is 29.6 Å². The highest BCUT2D eigenvalue weighted by atomic mass is 16.1. The molecule has 0 aliphatic carbocycles. The lowest BCUT2D eigenvalue weighted by Crippen LogP contribution is -2.28. The van der Waals surface area contributed by atoms with E-state index >= 15 is 0 Å². The minimum atomic E-state index is -0.00241. The Hall–Kier alpha value is -1.38. The number of nitrogens with one attached hydrogen (secondary N) is 1. The van der Waals surface area contributed by atoms with Crippen LogP contribution in [-0.2, 0) is 0 Å². The van der Waals surface area contributed by atoms with E-state index in [1.54, 1.807) is 12.3 Å². The number of amides is 1. The van der Waals surface area contributed by atoms with Crippen LogP contribution in [0.1, 0.15) is 42.7 Å². The Balaban J connectivity index is 2.52. The molecule has 0 aliphatic rings. The zero-order valence-electron chi connectivity index (χ0n) is 10.3. The molecule has 0 radical (unpaired) electrons. The SMILES string of the molecule is CCC(CC)CNC(=O)c1ccnc(C)c1. The fourth-order valence-corrected chi connectivity index (χ4v) is 1.60. The average Bonchev–Trinajstić information content (AvgIpc) is 2.30. The van der Waals surface area contributed by atoms with Gasteiger partial charge in [0.05, 0.1) is 0 Å². The monoisotopic (exact) mass is 220 g/mol. The third-order valence-electron chi connectivity index (χ3n) is 2.86. The fourth-order valence-electron chi connectivity index (χ4n) is 1.60. The van der Waals surface area contributed by atoms with Gasteiger partial charge < -0.3 is 5.32 Å². The lowest BCUT2D eigenvalue weighted by Gasteiger charge is -2.13. The normalized spacial score (nSPS) is 10.5. The predicted octanol–water partition coefficient (Wildman–Crippen LogP) is 2.56. The molecule has 0 saturated carbocycles. The summed E-state index contributed by atoms with van der Waals surface area (Å²) < 4.78 is 0. The molecule has 0 atom stereocenters. The number of hydrogen-bond acceptors (Lipinski definition) is 2. The number of nitrogens with zero attached hydrogens (tertiary/aromatic N) is 1. The van der Waals surface area contributed by atoms with Gasteiger partial charge in [0.25, 0.3) is 5.91 Å². The summed E-state index contributed by atoms with van der Waals surface area (Å²) in [4.78, 5) is 15.9. The van der Waals surface area contributed by atoms with E-state index in [0.717, 1.165) is 25.1 Å². The van der Waals surface area contributed by atoms with Gasteiger partial charge in [0.1, 0.15) is 0 Å². The molecule has 0 bridgehead atoms. The van der Waals surface area contributed by atoms with E-state index in [1.807, 2.05) is 13.0 Å². The molecule has 1 amide bonds. The van der Waals surface area contributed by atoms with Gasteiger partial charge in [-0.25, -0.2) is 0 Å². The van der Waals surface area contributed by atoms with Gasteiger partial charge in [-0.05, 0) is 25.0 Å². The molecule has 1 aromatic heterocycles. The van der Waals surface area contributed by atoms with Crippen LogP contribution >= 0.6 is 0 Å². The van der Waals surface area contributed by atoms with Crippen molar-refractivity contribution in [2.24, 2.45) is 5.92 Å². The lowest BCUT2D eigenvalue weighted by molar-refractivity contribution is 0.0946. The first-order valence-electron chi connectivity index (χ1n) is 5.88. The van der Waals surface area contributed by atoms with Crippen LogP contribution in [0.15, 0.2) is 18.3 Å². The van der Waals surface area contributed by atoms with Gasteiger partial charge in [0.15, 0.2) is 0 Å². The van der Waals surface area contributed by atoms with E-state index in [4.69, 9.17) is 0 Å². The van der Waals surface area contributed by atoms with Crippen molar-refractivity contribution < 1.29 is 4.79 Å². The molecule has 0 saturated heterocycles. The average molecular weight is 220 g/mol. The number of carbonyl (C=O) groups is 1. The van der Waals surface area contributed by atoms with Gasteiger partial charge in [0.2, 0.25) is 0 Å². The van der Waals surface area contributed by atoms with Gasteiger partial charge in [-0.2, -0.15) is 0 Å². The van der Waals surface area contributed by atoms with Crippen LogP contribution in [0.5, 0.6) is 0 Å². The van der Waals surface area contributed by atoms with Crippen LogP contribution in [0.3, 0.4) is 0 Å². The molecular formula is C13H20N2O. The second-order valence-electron chi connectivity index (χ2n) is 4.08. The van der Waals surface area contributed by atoms with Crippen molar-refractivity contribution in [3.63, 3.8) is 0 Å². The maximum Gasteiger partial charge on any atom is 0.251 e. The largest absolute Gasteiger partial charge is 0.352 e. The molecule has 16 heavy (non-hydrogen) atoms. The molecule has 1 heterocycles. The summed E-state index contributed by atoms with van der Waals surface area (Å²) in [5.74, 6) is 0.573. The highest BCUT2D eigenvalue weighted by Crippen LogP contribution is 2.06. The Bertz CT molecular complexity index is 346. The number of pyridine rings is 1. The van der Waals surface area contributed by atoms with Crippen molar-refractivity contribution in [2.45, 2.75) is 33.6 Å². The Morgan fingerprint density at radius 1 is 1.44 bits per heavy atom. The van der Waals surface area contributed by atoms with Crippen LogP contribution in [-0.4, -0.2) is 17.4 Å². The van der Waals surface area contributed by atoms with Crippen LogP contribution in [0.2, 0.25) is 0 Å². The van der Waals surface area contributed by atoms with Gasteiger partial charge in [-0.3, -0.25) is 9.78 Å². The van der Waals surface area contributed by atoms with Crippen molar-refractivity contribution in [1.82, 2.24) is 10.3 Å².